The lowest BCUT2D eigenvalue weighted by molar-refractivity contribution is -0.149. The second-order valence-corrected chi connectivity index (χ2v) is 6.46. The Kier molecular flexibility index (Phi) is 4.92. The monoisotopic (exact) mass is 353 g/mol. The molecule has 0 N–H and O–H groups in total. The van der Waals surface area contributed by atoms with Crippen LogP contribution in [0.4, 0.5) is 13.6 Å². The fraction of sp³-hybridized carbons (Fsp3) is 0.556. The smallest absolute Gasteiger partial charge is 0.410 e. The van der Waals surface area contributed by atoms with E-state index >= 15 is 0 Å². The van der Waals surface area contributed by atoms with E-state index in [-0.39, 0.29) is 32.6 Å². The third kappa shape index (κ3) is 3.45. The second-order valence-electron chi connectivity index (χ2n) is 6.46. The van der Waals surface area contributed by atoms with Crippen LogP contribution in [-0.2, 0) is 20.9 Å². The highest BCUT2D eigenvalue weighted by atomic mass is 19.3. The number of carbonyl (C=O) groups is 2. The molecule has 1 saturated heterocycles. The van der Waals surface area contributed by atoms with Gasteiger partial charge < -0.3 is 9.47 Å². The van der Waals surface area contributed by atoms with E-state index in [0.717, 1.165) is 10.5 Å². The molecular weight excluding hydrogens is 332 g/mol. The van der Waals surface area contributed by atoms with E-state index in [9.17, 15) is 18.4 Å². The van der Waals surface area contributed by atoms with Gasteiger partial charge in [0.05, 0.1) is 6.61 Å². The molecule has 0 spiro atoms. The van der Waals surface area contributed by atoms with Crippen molar-refractivity contribution in [2.75, 3.05) is 13.2 Å². The predicted molar refractivity (Wildman–Crippen MR) is 84.9 cm³/mol. The second kappa shape index (κ2) is 6.98. The van der Waals surface area contributed by atoms with Crippen LogP contribution in [0.1, 0.15) is 25.3 Å². The molecule has 25 heavy (non-hydrogen) atoms. The lowest BCUT2D eigenvalue weighted by Crippen LogP contribution is -2.44. The summed E-state index contributed by atoms with van der Waals surface area (Å²) < 4.78 is 38.4. The van der Waals surface area contributed by atoms with Gasteiger partial charge in [0.25, 0.3) is 5.92 Å². The molecule has 3 atom stereocenters. The summed E-state index contributed by atoms with van der Waals surface area (Å²) in [6, 6.07) is 8.05. The first-order chi connectivity index (χ1) is 11.9. The van der Waals surface area contributed by atoms with Crippen LogP contribution in [0.3, 0.4) is 0 Å². The Bertz CT molecular complexity index is 637. The quantitative estimate of drug-likeness (QED) is 0.780. The summed E-state index contributed by atoms with van der Waals surface area (Å²) in [5, 5.41) is 0. The Hall–Kier alpha value is -2.18. The number of ether oxygens (including phenoxy) is 2. The predicted octanol–water partition coefficient (Wildman–Crippen LogP) is 3.23. The molecule has 0 unspecified atom stereocenters. The van der Waals surface area contributed by atoms with Crippen molar-refractivity contribution in [3.63, 3.8) is 0 Å². The van der Waals surface area contributed by atoms with E-state index in [2.05, 4.69) is 0 Å². The number of esters is 1. The van der Waals surface area contributed by atoms with Crippen molar-refractivity contribution in [3.8, 4) is 0 Å². The van der Waals surface area contributed by atoms with E-state index in [1.54, 1.807) is 19.1 Å². The zero-order valence-electron chi connectivity index (χ0n) is 14.0. The van der Waals surface area contributed by atoms with Crippen LogP contribution < -0.4 is 0 Å². The molecule has 0 bridgehead atoms. The van der Waals surface area contributed by atoms with Crippen LogP contribution >= 0.6 is 0 Å². The van der Waals surface area contributed by atoms with Gasteiger partial charge in [0.15, 0.2) is 0 Å². The maximum absolute atomic E-state index is 14.1. The van der Waals surface area contributed by atoms with Gasteiger partial charge in [-0.25, -0.2) is 18.4 Å². The topological polar surface area (TPSA) is 55.8 Å². The van der Waals surface area contributed by atoms with Crippen LogP contribution in [0.15, 0.2) is 30.3 Å². The van der Waals surface area contributed by atoms with Crippen molar-refractivity contribution in [2.24, 2.45) is 11.8 Å². The Morgan fingerprint density at radius 1 is 1.24 bits per heavy atom. The molecule has 1 aliphatic carbocycles. The molecule has 0 aromatic heterocycles. The number of amides is 1. The van der Waals surface area contributed by atoms with Gasteiger partial charge in [0.2, 0.25) is 0 Å². The number of rotatable bonds is 4. The van der Waals surface area contributed by atoms with Crippen molar-refractivity contribution in [2.45, 2.75) is 38.3 Å². The molecule has 5 nitrogen and oxygen atoms in total. The highest BCUT2D eigenvalue weighted by Crippen LogP contribution is 2.51. The molecular formula is C18H21F2NO4. The lowest BCUT2D eigenvalue weighted by Gasteiger charge is -2.25. The van der Waals surface area contributed by atoms with Crippen LogP contribution in [-0.4, -0.2) is 42.1 Å². The maximum Gasteiger partial charge on any atom is 0.410 e. The molecule has 2 aliphatic rings. The van der Waals surface area contributed by atoms with Gasteiger partial charge in [-0.15, -0.1) is 0 Å². The van der Waals surface area contributed by atoms with E-state index in [4.69, 9.17) is 9.47 Å². The Morgan fingerprint density at radius 3 is 2.64 bits per heavy atom. The summed E-state index contributed by atoms with van der Waals surface area (Å²) in [5.74, 6) is -5.11. The molecule has 136 valence electrons. The first kappa shape index (κ1) is 17.6. The first-order valence-corrected chi connectivity index (χ1v) is 8.46. The zero-order valence-corrected chi connectivity index (χ0v) is 14.0. The summed E-state index contributed by atoms with van der Waals surface area (Å²) in [4.78, 5) is 25.8. The van der Waals surface area contributed by atoms with Crippen LogP contribution in [0.25, 0.3) is 0 Å². The number of hydrogen-bond acceptors (Lipinski definition) is 4. The van der Waals surface area contributed by atoms with Crippen LogP contribution in [0.5, 0.6) is 0 Å². The summed E-state index contributed by atoms with van der Waals surface area (Å²) in [6.07, 6.45) is -0.818. The Balaban J connectivity index is 1.73. The number of benzene rings is 1. The van der Waals surface area contributed by atoms with Crippen LogP contribution in [0, 0.1) is 11.8 Å². The highest BCUT2D eigenvalue weighted by molar-refractivity contribution is 5.82. The Labute approximate surface area is 144 Å². The standard InChI is InChI=1S/C18H21F2NO4/c1-2-24-16(22)15-13-8-9-18(19,20)14(13)10-21(15)17(23)25-11-12-6-4-3-5-7-12/h3-7,13-15H,2,8-11H2,1H3/t13-,14-,15-/m1/s1. The van der Waals surface area contributed by atoms with E-state index < -0.39 is 35.9 Å². The summed E-state index contributed by atoms with van der Waals surface area (Å²) in [7, 11) is 0. The van der Waals surface area contributed by atoms with E-state index in [1.165, 1.54) is 0 Å². The van der Waals surface area contributed by atoms with Crippen LogP contribution in [0.2, 0.25) is 0 Å². The Morgan fingerprint density at radius 2 is 1.96 bits per heavy atom. The lowest BCUT2D eigenvalue weighted by atomic mass is 9.93. The molecule has 1 amide bonds. The average molecular weight is 353 g/mol. The fourth-order valence-electron chi connectivity index (χ4n) is 3.78. The molecule has 1 aromatic carbocycles. The molecule has 1 saturated carbocycles. The summed E-state index contributed by atoms with van der Waals surface area (Å²) in [6.45, 7) is 1.62. The van der Waals surface area contributed by atoms with Gasteiger partial charge >= 0.3 is 12.1 Å². The van der Waals surface area contributed by atoms with Crippen molar-refractivity contribution in [3.05, 3.63) is 35.9 Å². The summed E-state index contributed by atoms with van der Waals surface area (Å²) >= 11 is 0. The molecule has 1 heterocycles. The molecule has 1 aliphatic heterocycles. The van der Waals surface area contributed by atoms with Gasteiger partial charge in [-0.1, -0.05) is 30.3 Å². The van der Waals surface area contributed by atoms with Gasteiger partial charge in [-0.2, -0.15) is 0 Å². The minimum absolute atomic E-state index is 0.0252. The highest BCUT2D eigenvalue weighted by Gasteiger charge is 2.61. The molecule has 3 rings (SSSR count). The van der Waals surface area contributed by atoms with Crippen molar-refractivity contribution < 1.29 is 27.8 Å². The SMILES string of the molecule is CCOC(=O)[C@H]1[C@@H]2CCC(F)(F)[C@@H]2CN1C(=O)OCc1ccccc1. The minimum Gasteiger partial charge on any atom is -0.464 e. The largest absolute Gasteiger partial charge is 0.464 e. The third-order valence-corrected chi connectivity index (χ3v) is 4.97. The van der Waals surface area contributed by atoms with Gasteiger partial charge in [0.1, 0.15) is 12.6 Å². The summed E-state index contributed by atoms with van der Waals surface area (Å²) in [5.41, 5.74) is 0.785. The number of halogens is 2. The molecule has 1 aromatic rings. The number of likely N-dealkylation sites (tertiary alicyclic amines) is 1. The zero-order chi connectivity index (χ0) is 18.0. The average Bonchev–Trinajstić information content (AvgIpc) is 3.12. The maximum atomic E-state index is 14.1. The van der Waals surface area contributed by atoms with Crippen molar-refractivity contribution in [1.82, 2.24) is 4.90 Å². The number of hydrogen-bond donors (Lipinski definition) is 0. The first-order valence-electron chi connectivity index (χ1n) is 8.46. The van der Waals surface area contributed by atoms with Gasteiger partial charge in [0, 0.05) is 24.8 Å². The van der Waals surface area contributed by atoms with E-state index in [0.29, 0.717) is 0 Å². The normalized spacial score (nSPS) is 27.0. The minimum atomic E-state index is -2.87. The fourth-order valence-corrected chi connectivity index (χ4v) is 3.78. The third-order valence-electron chi connectivity index (χ3n) is 4.97. The molecule has 0 radical (unpaired) electrons. The van der Waals surface area contributed by atoms with Crippen molar-refractivity contribution in [1.29, 1.82) is 0 Å². The number of fused-ring (bicyclic) bond motifs is 1. The van der Waals surface area contributed by atoms with E-state index in [1.807, 2.05) is 18.2 Å². The number of alkyl halides is 2. The molecule has 7 heteroatoms. The van der Waals surface area contributed by atoms with Gasteiger partial charge in [-0.05, 0) is 18.9 Å². The van der Waals surface area contributed by atoms with Gasteiger partial charge in [-0.3, -0.25) is 4.90 Å². The molecule has 2 fully saturated rings. The van der Waals surface area contributed by atoms with Crippen molar-refractivity contribution >= 4 is 12.1 Å². The number of nitrogens with zero attached hydrogens (tertiary/aromatic N) is 1. The number of carbonyl (C=O) groups excluding carboxylic acids is 2.